The molecule has 1 rings (SSSR count). The maximum Gasteiger partial charge on any atom is 0.256 e. The summed E-state index contributed by atoms with van der Waals surface area (Å²) in [4.78, 5) is 18.5. The summed E-state index contributed by atoms with van der Waals surface area (Å²) in [5, 5.41) is 0.300. The lowest BCUT2D eigenvalue weighted by atomic mass is 10.2. The highest BCUT2D eigenvalue weighted by atomic mass is 35.5. The molecule has 3 nitrogen and oxygen atoms in total. The van der Waals surface area contributed by atoms with Crippen LogP contribution >= 0.6 is 11.6 Å². The average Bonchev–Trinajstić information content (AvgIpc) is 2.46. The van der Waals surface area contributed by atoms with Crippen LogP contribution in [0.4, 0.5) is 0 Å². The van der Waals surface area contributed by atoms with E-state index in [1.807, 2.05) is 4.90 Å². The highest BCUT2D eigenvalue weighted by Crippen LogP contribution is 2.15. The van der Waals surface area contributed by atoms with Gasteiger partial charge in [0.05, 0.1) is 5.56 Å². The molecule has 20 heavy (non-hydrogen) atoms. The van der Waals surface area contributed by atoms with Crippen molar-refractivity contribution in [2.45, 2.75) is 52.4 Å². The van der Waals surface area contributed by atoms with Crippen LogP contribution < -0.4 is 0 Å². The third-order valence-electron chi connectivity index (χ3n) is 3.34. The Morgan fingerprint density at radius 3 is 2.25 bits per heavy atom. The quantitative estimate of drug-likeness (QED) is 0.494. The third kappa shape index (κ3) is 5.49. The van der Waals surface area contributed by atoms with Crippen LogP contribution in [0.1, 0.15) is 62.7 Å². The maximum absolute atomic E-state index is 12.6. The van der Waals surface area contributed by atoms with Crippen molar-refractivity contribution in [1.82, 2.24) is 9.88 Å². The minimum atomic E-state index is 0.00954. The van der Waals surface area contributed by atoms with E-state index in [4.69, 9.17) is 11.6 Å². The minimum absolute atomic E-state index is 0.00954. The molecule has 0 N–H and O–H groups in total. The van der Waals surface area contributed by atoms with E-state index in [1.54, 1.807) is 18.3 Å². The van der Waals surface area contributed by atoms with E-state index < -0.39 is 0 Å². The summed E-state index contributed by atoms with van der Waals surface area (Å²) in [7, 11) is 0. The van der Waals surface area contributed by atoms with Crippen LogP contribution in [-0.2, 0) is 0 Å². The number of carbonyl (C=O) groups is 1. The Labute approximate surface area is 127 Å². The van der Waals surface area contributed by atoms with Gasteiger partial charge >= 0.3 is 0 Å². The zero-order valence-electron chi connectivity index (χ0n) is 12.6. The molecule has 0 aliphatic heterocycles. The third-order valence-corrected chi connectivity index (χ3v) is 3.64. The number of halogens is 1. The monoisotopic (exact) mass is 296 g/mol. The zero-order chi connectivity index (χ0) is 14.8. The van der Waals surface area contributed by atoms with Crippen molar-refractivity contribution in [2.75, 3.05) is 13.1 Å². The van der Waals surface area contributed by atoms with Gasteiger partial charge in [0, 0.05) is 19.3 Å². The highest BCUT2D eigenvalue weighted by molar-refractivity contribution is 6.32. The molecule has 1 aromatic rings. The molecule has 0 fully saturated rings. The van der Waals surface area contributed by atoms with Gasteiger partial charge in [-0.3, -0.25) is 4.79 Å². The largest absolute Gasteiger partial charge is 0.339 e. The van der Waals surface area contributed by atoms with Crippen LogP contribution in [0.25, 0.3) is 0 Å². The summed E-state index contributed by atoms with van der Waals surface area (Å²) >= 11 is 6.03. The number of aromatic nitrogens is 1. The van der Waals surface area contributed by atoms with Gasteiger partial charge in [0.2, 0.25) is 0 Å². The van der Waals surface area contributed by atoms with Gasteiger partial charge < -0.3 is 4.90 Å². The smallest absolute Gasteiger partial charge is 0.256 e. The number of carbonyl (C=O) groups excluding carboxylic acids is 1. The van der Waals surface area contributed by atoms with E-state index in [9.17, 15) is 4.79 Å². The number of unbranched alkanes of at least 4 members (excludes halogenated alkanes) is 4. The summed E-state index contributed by atoms with van der Waals surface area (Å²) < 4.78 is 0. The van der Waals surface area contributed by atoms with E-state index in [1.165, 1.54) is 0 Å². The number of amides is 1. The highest BCUT2D eigenvalue weighted by Gasteiger charge is 2.18. The van der Waals surface area contributed by atoms with Gasteiger partial charge in [-0.05, 0) is 25.0 Å². The number of nitrogens with zero attached hydrogens (tertiary/aromatic N) is 2. The van der Waals surface area contributed by atoms with Crippen molar-refractivity contribution in [3.8, 4) is 0 Å². The first kappa shape index (κ1) is 17.0. The van der Waals surface area contributed by atoms with Crippen molar-refractivity contribution < 1.29 is 4.79 Å². The second kappa shape index (κ2) is 9.76. The fraction of sp³-hybridized carbons (Fsp3) is 0.625. The van der Waals surface area contributed by atoms with Gasteiger partial charge in [-0.1, -0.05) is 51.1 Å². The summed E-state index contributed by atoms with van der Waals surface area (Å²) in [6.07, 6.45) is 8.32. The molecule has 0 bridgehead atoms. The van der Waals surface area contributed by atoms with Crippen LogP contribution in [0.15, 0.2) is 18.3 Å². The summed E-state index contributed by atoms with van der Waals surface area (Å²) in [6, 6.07) is 3.51. The van der Waals surface area contributed by atoms with Crippen molar-refractivity contribution >= 4 is 17.5 Å². The first-order valence-electron chi connectivity index (χ1n) is 7.60. The molecule has 0 aromatic carbocycles. The molecule has 112 valence electrons. The molecule has 0 atom stereocenters. The molecule has 1 aromatic heterocycles. The van der Waals surface area contributed by atoms with Crippen LogP contribution in [0, 0.1) is 0 Å². The normalized spacial score (nSPS) is 10.6. The molecule has 0 saturated carbocycles. The molecule has 1 heterocycles. The van der Waals surface area contributed by atoms with Gasteiger partial charge in [-0.25, -0.2) is 4.98 Å². The van der Waals surface area contributed by atoms with Crippen molar-refractivity contribution in [3.05, 3.63) is 29.0 Å². The van der Waals surface area contributed by atoms with E-state index >= 15 is 0 Å². The Morgan fingerprint density at radius 2 is 1.75 bits per heavy atom. The Balaban J connectivity index is 2.69. The Morgan fingerprint density at radius 1 is 1.15 bits per heavy atom. The molecule has 4 heteroatoms. The SMILES string of the molecule is CCCCCN(CCCCC)C(=O)c1cccnc1Cl. The Hall–Kier alpha value is -1.09. The molecule has 0 unspecified atom stereocenters. The summed E-state index contributed by atoms with van der Waals surface area (Å²) in [5.74, 6) is 0.00954. The Kier molecular flexibility index (Phi) is 8.28. The summed E-state index contributed by atoms with van der Waals surface area (Å²) in [5.41, 5.74) is 0.516. The lowest BCUT2D eigenvalue weighted by molar-refractivity contribution is 0.0749. The van der Waals surface area contributed by atoms with Gasteiger partial charge in [0.1, 0.15) is 5.15 Å². The Bertz CT molecular complexity index is 399. The standard InChI is InChI=1S/C16H25ClN2O/c1-3-5-7-12-19(13-8-6-4-2)16(20)14-10-9-11-18-15(14)17/h9-11H,3-8,12-13H2,1-2H3. The molecule has 0 spiro atoms. The van der Waals surface area contributed by atoms with Crippen molar-refractivity contribution in [2.24, 2.45) is 0 Å². The molecular weight excluding hydrogens is 272 g/mol. The number of pyridine rings is 1. The number of rotatable bonds is 9. The first-order chi connectivity index (χ1) is 9.70. The van der Waals surface area contributed by atoms with Crippen LogP contribution in [-0.4, -0.2) is 28.9 Å². The van der Waals surface area contributed by atoms with E-state index in [0.717, 1.165) is 51.6 Å². The van der Waals surface area contributed by atoms with Crippen molar-refractivity contribution in [1.29, 1.82) is 0 Å². The van der Waals surface area contributed by atoms with Crippen LogP contribution in [0.3, 0.4) is 0 Å². The van der Waals surface area contributed by atoms with E-state index in [0.29, 0.717) is 10.7 Å². The lowest BCUT2D eigenvalue weighted by Gasteiger charge is -2.23. The second-order valence-electron chi connectivity index (χ2n) is 5.05. The molecule has 1 amide bonds. The fourth-order valence-corrected chi connectivity index (χ4v) is 2.34. The van der Waals surface area contributed by atoms with Crippen molar-refractivity contribution in [3.63, 3.8) is 0 Å². The minimum Gasteiger partial charge on any atom is -0.339 e. The topological polar surface area (TPSA) is 33.2 Å². The van der Waals surface area contributed by atoms with Gasteiger partial charge in [-0.2, -0.15) is 0 Å². The second-order valence-corrected chi connectivity index (χ2v) is 5.41. The summed E-state index contributed by atoms with van der Waals surface area (Å²) in [6.45, 7) is 5.95. The predicted molar refractivity (Wildman–Crippen MR) is 84.2 cm³/mol. The van der Waals surface area contributed by atoms with E-state index in [2.05, 4.69) is 18.8 Å². The fourth-order valence-electron chi connectivity index (χ4n) is 2.14. The molecular formula is C16H25ClN2O. The molecule has 0 saturated heterocycles. The number of hydrogen-bond acceptors (Lipinski definition) is 2. The molecule has 0 aliphatic rings. The zero-order valence-corrected chi connectivity index (χ0v) is 13.3. The van der Waals surface area contributed by atoms with Crippen LogP contribution in [0.2, 0.25) is 5.15 Å². The van der Waals surface area contributed by atoms with Gasteiger partial charge in [0.25, 0.3) is 5.91 Å². The molecule has 0 radical (unpaired) electrons. The lowest BCUT2D eigenvalue weighted by Crippen LogP contribution is -2.33. The average molecular weight is 297 g/mol. The van der Waals surface area contributed by atoms with E-state index in [-0.39, 0.29) is 5.91 Å². The molecule has 0 aliphatic carbocycles. The van der Waals surface area contributed by atoms with Gasteiger partial charge in [0.15, 0.2) is 0 Å². The van der Waals surface area contributed by atoms with Gasteiger partial charge in [-0.15, -0.1) is 0 Å². The maximum atomic E-state index is 12.6. The number of hydrogen-bond donors (Lipinski definition) is 0. The van der Waals surface area contributed by atoms with Crippen LogP contribution in [0.5, 0.6) is 0 Å². The predicted octanol–water partition coefficient (Wildman–Crippen LogP) is 4.56. The first-order valence-corrected chi connectivity index (χ1v) is 7.98.